The van der Waals surface area contributed by atoms with E-state index in [0.29, 0.717) is 13.0 Å². The predicted octanol–water partition coefficient (Wildman–Crippen LogP) is 2.11. The van der Waals surface area contributed by atoms with Crippen LogP contribution in [0.25, 0.3) is 0 Å². The lowest BCUT2D eigenvalue weighted by Crippen LogP contribution is -2.27. The highest BCUT2D eigenvalue weighted by Gasteiger charge is 2.27. The molecular formula is C9H16F3NO. The van der Waals surface area contributed by atoms with Crippen molar-refractivity contribution in [2.75, 3.05) is 19.8 Å². The van der Waals surface area contributed by atoms with Crippen LogP contribution in [0.15, 0.2) is 12.7 Å². The smallest absolute Gasteiger partial charge is 0.372 e. The van der Waals surface area contributed by atoms with Gasteiger partial charge in [-0.3, -0.25) is 0 Å². The van der Waals surface area contributed by atoms with Crippen LogP contribution in [0.3, 0.4) is 0 Å². The minimum Gasteiger partial charge on any atom is -0.372 e. The Labute approximate surface area is 81.9 Å². The van der Waals surface area contributed by atoms with Crippen molar-refractivity contribution >= 4 is 0 Å². The molecule has 0 radical (unpaired) electrons. The third-order valence-corrected chi connectivity index (χ3v) is 2.04. The van der Waals surface area contributed by atoms with Crippen LogP contribution in [0.5, 0.6) is 0 Å². The lowest BCUT2D eigenvalue weighted by Gasteiger charge is -2.23. The Hall–Kier alpha value is -0.550. The van der Waals surface area contributed by atoms with Crippen molar-refractivity contribution in [1.82, 2.24) is 0 Å². The summed E-state index contributed by atoms with van der Waals surface area (Å²) >= 11 is 0. The second-order valence-electron chi connectivity index (χ2n) is 3.48. The lowest BCUT2D eigenvalue weighted by molar-refractivity contribution is -0.174. The summed E-state index contributed by atoms with van der Waals surface area (Å²) < 4.78 is 39.5. The third-order valence-electron chi connectivity index (χ3n) is 2.04. The number of halogens is 3. The topological polar surface area (TPSA) is 35.2 Å². The molecule has 0 aliphatic carbocycles. The Morgan fingerprint density at radius 3 is 2.36 bits per heavy atom. The van der Waals surface area contributed by atoms with Gasteiger partial charge in [-0.15, -0.1) is 6.58 Å². The molecule has 0 aromatic rings. The van der Waals surface area contributed by atoms with Crippen molar-refractivity contribution < 1.29 is 17.9 Å². The summed E-state index contributed by atoms with van der Waals surface area (Å²) in [5, 5.41) is 0. The van der Waals surface area contributed by atoms with Crippen molar-refractivity contribution in [1.29, 1.82) is 0 Å². The Kier molecular flexibility index (Phi) is 5.15. The van der Waals surface area contributed by atoms with Crippen LogP contribution < -0.4 is 5.73 Å². The number of ether oxygens (including phenoxy) is 1. The monoisotopic (exact) mass is 211 g/mol. The van der Waals surface area contributed by atoms with E-state index in [1.807, 2.05) is 6.92 Å². The predicted molar refractivity (Wildman–Crippen MR) is 48.8 cm³/mol. The zero-order valence-electron chi connectivity index (χ0n) is 8.23. The molecule has 0 aromatic heterocycles. The molecule has 0 aromatic carbocycles. The Balaban J connectivity index is 3.68. The van der Waals surface area contributed by atoms with Crippen LogP contribution in [-0.2, 0) is 4.74 Å². The Bertz CT molecular complexity index is 181. The van der Waals surface area contributed by atoms with Crippen LogP contribution in [0.4, 0.5) is 13.2 Å². The molecule has 2 N–H and O–H groups in total. The minimum atomic E-state index is -4.26. The highest BCUT2D eigenvalue weighted by molar-refractivity contribution is 4.91. The zero-order chi connectivity index (χ0) is 11.2. The summed E-state index contributed by atoms with van der Waals surface area (Å²) in [6.45, 7) is 4.59. The third kappa shape index (κ3) is 5.99. The first-order chi connectivity index (χ1) is 6.33. The standard InChI is InChI=1S/C9H16F3NO/c1-3-8(2,6-13)4-5-14-7-9(10,11)12/h3H,1,4-7,13H2,2H3. The van der Waals surface area contributed by atoms with Gasteiger partial charge in [0.25, 0.3) is 0 Å². The fraction of sp³-hybridized carbons (Fsp3) is 0.778. The van der Waals surface area contributed by atoms with Crippen molar-refractivity contribution in [3.8, 4) is 0 Å². The number of hydrogen-bond acceptors (Lipinski definition) is 2. The van der Waals surface area contributed by atoms with E-state index in [-0.39, 0.29) is 12.0 Å². The molecule has 2 nitrogen and oxygen atoms in total. The summed E-state index contributed by atoms with van der Waals surface area (Å²) in [7, 11) is 0. The molecule has 0 bridgehead atoms. The summed E-state index contributed by atoms with van der Waals surface area (Å²) in [5.41, 5.74) is 5.09. The highest BCUT2D eigenvalue weighted by atomic mass is 19.4. The molecule has 0 heterocycles. The highest BCUT2D eigenvalue weighted by Crippen LogP contribution is 2.21. The number of rotatable bonds is 6. The van der Waals surface area contributed by atoms with E-state index in [2.05, 4.69) is 11.3 Å². The molecule has 1 unspecified atom stereocenters. The number of alkyl halides is 3. The molecule has 0 fully saturated rings. The van der Waals surface area contributed by atoms with Crippen LogP contribution in [0.1, 0.15) is 13.3 Å². The first-order valence-electron chi connectivity index (χ1n) is 4.31. The quantitative estimate of drug-likeness (QED) is 0.539. The largest absolute Gasteiger partial charge is 0.411 e. The summed E-state index contributed by atoms with van der Waals surface area (Å²) in [6, 6.07) is 0. The average molecular weight is 211 g/mol. The fourth-order valence-corrected chi connectivity index (χ4v) is 0.781. The van der Waals surface area contributed by atoms with E-state index in [1.165, 1.54) is 0 Å². The summed E-state index contributed by atoms with van der Waals surface area (Å²) in [6.07, 6.45) is -2.17. The minimum absolute atomic E-state index is 0.0409. The number of hydrogen-bond donors (Lipinski definition) is 1. The average Bonchev–Trinajstić information content (AvgIpc) is 2.11. The van der Waals surface area contributed by atoms with Crippen molar-refractivity contribution in [3.05, 3.63) is 12.7 Å². The van der Waals surface area contributed by atoms with Gasteiger partial charge in [-0.05, 0) is 11.8 Å². The second-order valence-corrected chi connectivity index (χ2v) is 3.48. The normalized spacial score (nSPS) is 16.4. The molecule has 0 aliphatic heterocycles. The van der Waals surface area contributed by atoms with E-state index < -0.39 is 12.8 Å². The van der Waals surface area contributed by atoms with Crippen LogP contribution in [0.2, 0.25) is 0 Å². The second kappa shape index (κ2) is 5.36. The molecule has 0 saturated carbocycles. The van der Waals surface area contributed by atoms with E-state index in [9.17, 15) is 13.2 Å². The first kappa shape index (κ1) is 13.4. The maximum absolute atomic E-state index is 11.7. The first-order valence-corrected chi connectivity index (χ1v) is 4.31. The molecule has 0 aliphatic rings. The molecule has 0 saturated heterocycles. The van der Waals surface area contributed by atoms with Crippen molar-refractivity contribution in [3.63, 3.8) is 0 Å². The van der Waals surface area contributed by atoms with Gasteiger partial charge in [-0.25, -0.2) is 0 Å². The SMILES string of the molecule is C=CC(C)(CN)CCOCC(F)(F)F. The molecule has 0 amide bonds. The summed E-state index contributed by atoms with van der Waals surface area (Å²) in [4.78, 5) is 0. The lowest BCUT2D eigenvalue weighted by atomic mass is 9.88. The van der Waals surface area contributed by atoms with Gasteiger partial charge in [0, 0.05) is 13.2 Å². The van der Waals surface area contributed by atoms with Gasteiger partial charge in [0.15, 0.2) is 0 Å². The molecule has 14 heavy (non-hydrogen) atoms. The number of nitrogens with two attached hydrogens (primary N) is 1. The van der Waals surface area contributed by atoms with E-state index in [1.54, 1.807) is 6.08 Å². The van der Waals surface area contributed by atoms with Gasteiger partial charge >= 0.3 is 6.18 Å². The molecule has 1 atom stereocenters. The molecule has 84 valence electrons. The van der Waals surface area contributed by atoms with Crippen molar-refractivity contribution in [2.24, 2.45) is 11.1 Å². The molecule has 0 rings (SSSR count). The molecular weight excluding hydrogens is 195 g/mol. The summed E-state index contributed by atoms with van der Waals surface area (Å²) in [5.74, 6) is 0. The van der Waals surface area contributed by atoms with Gasteiger partial charge in [0.2, 0.25) is 0 Å². The van der Waals surface area contributed by atoms with Crippen LogP contribution in [0, 0.1) is 5.41 Å². The van der Waals surface area contributed by atoms with Crippen LogP contribution >= 0.6 is 0 Å². The van der Waals surface area contributed by atoms with Gasteiger partial charge < -0.3 is 10.5 Å². The Morgan fingerprint density at radius 2 is 2.00 bits per heavy atom. The van der Waals surface area contributed by atoms with Crippen LogP contribution in [-0.4, -0.2) is 25.9 Å². The Morgan fingerprint density at radius 1 is 1.43 bits per heavy atom. The fourth-order valence-electron chi connectivity index (χ4n) is 0.781. The zero-order valence-corrected chi connectivity index (χ0v) is 8.23. The van der Waals surface area contributed by atoms with Gasteiger partial charge in [0.1, 0.15) is 6.61 Å². The van der Waals surface area contributed by atoms with Gasteiger partial charge in [-0.2, -0.15) is 13.2 Å². The van der Waals surface area contributed by atoms with Crippen molar-refractivity contribution in [2.45, 2.75) is 19.5 Å². The molecule has 0 spiro atoms. The molecule has 5 heteroatoms. The van der Waals surface area contributed by atoms with Gasteiger partial charge in [-0.1, -0.05) is 13.0 Å². The van der Waals surface area contributed by atoms with E-state index >= 15 is 0 Å². The van der Waals surface area contributed by atoms with E-state index in [4.69, 9.17) is 5.73 Å². The van der Waals surface area contributed by atoms with Gasteiger partial charge in [0.05, 0.1) is 0 Å². The maximum Gasteiger partial charge on any atom is 0.411 e. The van der Waals surface area contributed by atoms with E-state index in [0.717, 1.165) is 0 Å². The maximum atomic E-state index is 11.7.